The van der Waals surface area contributed by atoms with Gasteiger partial charge in [-0.3, -0.25) is 4.79 Å². The number of hydrogen-bond donors (Lipinski definition) is 1. The van der Waals surface area contributed by atoms with Crippen molar-refractivity contribution in [2.24, 2.45) is 0 Å². The first kappa shape index (κ1) is 15.0. The van der Waals surface area contributed by atoms with E-state index in [0.717, 1.165) is 16.3 Å². The molecule has 1 amide bonds. The number of nitrogens with zero attached hydrogens (tertiary/aromatic N) is 1. The van der Waals surface area contributed by atoms with Gasteiger partial charge in [0.05, 0.1) is 10.7 Å². The molecule has 0 aliphatic rings. The predicted octanol–water partition coefficient (Wildman–Crippen LogP) is 4.79. The summed E-state index contributed by atoms with van der Waals surface area (Å²) in [7, 11) is 0. The van der Waals surface area contributed by atoms with Crippen molar-refractivity contribution >= 4 is 34.5 Å². The van der Waals surface area contributed by atoms with Gasteiger partial charge in [0.25, 0.3) is 5.91 Å². The van der Waals surface area contributed by atoms with Crippen molar-refractivity contribution < 1.29 is 4.79 Å². The van der Waals surface area contributed by atoms with Gasteiger partial charge in [-0.05, 0) is 31.5 Å². The number of amides is 1. The third kappa shape index (κ3) is 3.19. The Labute approximate surface area is 128 Å². The van der Waals surface area contributed by atoms with Crippen LogP contribution in [0.1, 0.15) is 45.7 Å². The zero-order chi connectivity index (χ0) is 14.9. The topological polar surface area (TPSA) is 42.0 Å². The highest BCUT2D eigenvalue weighted by molar-refractivity contribution is 7.14. The second kappa shape index (κ2) is 5.94. The smallest absolute Gasteiger partial charge is 0.267 e. The fraction of sp³-hybridized carbons (Fsp3) is 0.333. The summed E-state index contributed by atoms with van der Waals surface area (Å²) in [5.74, 6) is 0.195. The fourth-order valence-corrected chi connectivity index (χ4v) is 2.88. The van der Waals surface area contributed by atoms with Crippen LogP contribution in [0, 0.1) is 13.8 Å². The van der Waals surface area contributed by atoms with Crippen molar-refractivity contribution in [1.82, 2.24) is 4.98 Å². The lowest BCUT2D eigenvalue weighted by molar-refractivity contribution is 0.103. The van der Waals surface area contributed by atoms with E-state index in [0.29, 0.717) is 21.5 Å². The Kier molecular flexibility index (Phi) is 4.45. The molecule has 0 spiro atoms. The first-order valence-corrected chi connectivity index (χ1v) is 7.62. The van der Waals surface area contributed by atoms with E-state index in [9.17, 15) is 4.79 Å². The number of halogens is 1. The van der Waals surface area contributed by atoms with Crippen molar-refractivity contribution in [2.45, 2.75) is 33.6 Å². The summed E-state index contributed by atoms with van der Waals surface area (Å²) >= 11 is 7.51. The van der Waals surface area contributed by atoms with Crippen LogP contribution < -0.4 is 5.32 Å². The molecule has 1 aromatic heterocycles. The van der Waals surface area contributed by atoms with Gasteiger partial charge in [0.1, 0.15) is 4.88 Å². The highest BCUT2D eigenvalue weighted by Gasteiger charge is 2.17. The van der Waals surface area contributed by atoms with Gasteiger partial charge in [0, 0.05) is 16.6 Å². The minimum atomic E-state index is -0.133. The number of hydrogen-bond acceptors (Lipinski definition) is 3. The maximum absolute atomic E-state index is 12.3. The van der Waals surface area contributed by atoms with Crippen LogP contribution in [0.5, 0.6) is 0 Å². The molecule has 0 aliphatic heterocycles. The minimum Gasteiger partial charge on any atom is -0.321 e. The zero-order valence-corrected chi connectivity index (χ0v) is 13.5. The summed E-state index contributed by atoms with van der Waals surface area (Å²) in [5.41, 5.74) is 2.46. The average Bonchev–Trinajstić information content (AvgIpc) is 2.76. The number of benzene rings is 1. The summed E-state index contributed by atoms with van der Waals surface area (Å²) in [6, 6.07) is 5.49. The monoisotopic (exact) mass is 308 g/mol. The van der Waals surface area contributed by atoms with Crippen molar-refractivity contribution in [3.63, 3.8) is 0 Å². The van der Waals surface area contributed by atoms with E-state index < -0.39 is 0 Å². The van der Waals surface area contributed by atoms with E-state index in [2.05, 4.69) is 24.1 Å². The largest absolute Gasteiger partial charge is 0.321 e. The molecule has 0 fully saturated rings. The van der Waals surface area contributed by atoms with Gasteiger partial charge in [-0.1, -0.05) is 31.5 Å². The fourth-order valence-electron chi connectivity index (χ4n) is 1.73. The van der Waals surface area contributed by atoms with Gasteiger partial charge in [0.2, 0.25) is 0 Å². The molecule has 20 heavy (non-hydrogen) atoms. The van der Waals surface area contributed by atoms with E-state index >= 15 is 0 Å². The Morgan fingerprint density at radius 2 is 2.05 bits per heavy atom. The van der Waals surface area contributed by atoms with Crippen LogP contribution in [-0.4, -0.2) is 10.9 Å². The molecule has 3 nitrogen and oxygen atoms in total. The second-order valence-electron chi connectivity index (χ2n) is 5.04. The Balaban J connectivity index is 2.21. The number of anilines is 1. The van der Waals surface area contributed by atoms with Gasteiger partial charge in [-0.15, -0.1) is 11.3 Å². The molecule has 1 aromatic carbocycles. The van der Waals surface area contributed by atoms with Crippen LogP contribution in [-0.2, 0) is 0 Å². The van der Waals surface area contributed by atoms with Crippen molar-refractivity contribution in [2.75, 3.05) is 5.32 Å². The lowest BCUT2D eigenvalue weighted by Crippen LogP contribution is -2.11. The second-order valence-corrected chi connectivity index (χ2v) is 6.48. The van der Waals surface area contributed by atoms with E-state index in [1.165, 1.54) is 11.3 Å². The molecule has 1 heterocycles. The molecule has 0 bridgehead atoms. The highest BCUT2D eigenvalue weighted by atomic mass is 35.5. The Hall–Kier alpha value is -1.39. The summed E-state index contributed by atoms with van der Waals surface area (Å²) < 4.78 is 0. The standard InChI is InChI=1S/C15H17ClN2OS/c1-8(2)15-17-10(4)13(20-15)14(19)18-11-6-5-9(3)12(16)7-11/h5-8H,1-4H3,(H,18,19). The summed E-state index contributed by atoms with van der Waals surface area (Å²) in [4.78, 5) is 17.4. The van der Waals surface area contributed by atoms with Crippen molar-refractivity contribution in [3.05, 3.63) is 44.4 Å². The molecular formula is C15H17ClN2OS. The maximum atomic E-state index is 12.3. The minimum absolute atomic E-state index is 0.133. The van der Waals surface area contributed by atoms with Gasteiger partial charge < -0.3 is 5.32 Å². The molecule has 1 N–H and O–H groups in total. The highest BCUT2D eigenvalue weighted by Crippen LogP contribution is 2.26. The molecule has 106 valence electrons. The summed E-state index contributed by atoms with van der Waals surface area (Å²) in [6.45, 7) is 7.93. The molecular weight excluding hydrogens is 292 g/mol. The molecule has 5 heteroatoms. The number of carbonyl (C=O) groups is 1. The third-order valence-corrected chi connectivity index (χ3v) is 4.81. The zero-order valence-electron chi connectivity index (χ0n) is 12.0. The molecule has 0 atom stereocenters. The van der Waals surface area contributed by atoms with Crippen LogP contribution in [0.2, 0.25) is 5.02 Å². The van der Waals surface area contributed by atoms with Gasteiger partial charge in [-0.25, -0.2) is 4.98 Å². The number of rotatable bonds is 3. The normalized spacial score (nSPS) is 10.9. The number of aryl methyl sites for hydroxylation is 2. The van der Waals surface area contributed by atoms with E-state index in [-0.39, 0.29) is 5.91 Å². The van der Waals surface area contributed by atoms with Crippen LogP contribution >= 0.6 is 22.9 Å². The molecule has 0 radical (unpaired) electrons. The van der Waals surface area contributed by atoms with Gasteiger partial charge in [0.15, 0.2) is 0 Å². The molecule has 2 rings (SSSR count). The summed E-state index contributed by atoms with van der Waals surface area (Å²) in [5, 5.41) is 4.49. The Bertz CT molecular complexity index is 649. The first-order valence-electron chi connectivity index (χ1n) is 6.43. The van der Waals surface area contributed by atoms with Gasteiger partial charge >= 0.3 is 0 Å². The van der Waals surface area contributed by atoms with Crippen LogP contribution in [0.3, 0.4) is 0 Å². The van der Waals surface area contributed by atoms with Crippen LogP contribution in [0.4, 0.5) is 5.69 Å². The van der Waals surface area contributed by atoms with E-state index in [1.807, 2.05) is 26.0 Å². The van der Waals surface area contributed by atoms with Crippen LogP contribution in [0.15, 0.2) is 18.2 Å². The summed E-state index contributed by atoms with van der Waals surface area (Å²) in [6.07, 6.45) is 0. The lowest BCUT2D eigenvalue weighted by Gasteiger charge is -2.06. The number of nitrogens with one attached hydrogen (secondary N) is 1. The number of carbonyl (C=O) groups excluding carboxylic acids is 1. The Morgan fingerprint density at radius 3 is 2.60 bits per heavy atom. The molecule has 0 aliphatic carbocycles. The third-order valence-electron chi connectivity index (χ3n) is 2.94. The van der Waals surface area contributed by atoms with Gasteiger partial charge in [-0.2, -0.15) is 0 Å². The molecule has 0 saturated carbocycles. The maximum Gasteiger partial charge on any atom is 0.267 e. The molecule has 2 aromatic rings. The quantitative estimate of drug-likeness (QED) is 0.886. The number of thiazole rings is 1. The van der Waals surface area contributed by atoms with E-state index in [4.69, 9.17) is 11.6 Å². The lowest BCUT2D eigenvalue weighted by atomic mass is 10.2. The van der Waals surface area contributed by atoms with Crippen molar-refractivity contribution in [1.29, 1.82) is 0 Å². The first-order chi connectivity index (χ1) is 9.38. The van der Waals surface area contributed by atoms with E-state index in [1.54, 1.807) is 6.07 Å². The average molecular weight is 309 g/mol. The SMILES string of the molecule is Cc1ccc(NC(=O)c2sc(C(C)C)nc2C)cc1Cl. The molecule has 0 unspecified atom stereocenters. The number of aromatic nitrogens is 1. The molecule has 0 saturated heterocycles. The van der Waals surface area contributed by atoms with Crippen LogP contribution in [0.25, 0.3) is 0 Å². The Morgan fingerprint density at radius 1 is 1.35 bits per heavy atom. The van der Waals surface area contributed by atoms with Crippen molar-refractivity contribution in [3.8, 4) is 0 Å². The predicted molar refractivity (Wildman–Crippen MR) is 85.1 cm³/mol.